The molecule has 10 aromatic carbocycles. The highest BCUT2D eigenvalue weighted by molar-refractivity contribution is 6.27. The van der Waals surface area contributed by atoms with E-state index in [1.54, 1.807) is 0 Å². The summed E-state index contributed by atoms with van der Waals surface area (Å²) >= 11 is 0. The number of nitrogens with zero attached hydrogens (tertiary/aromatic N) is 2. The Balaban J connectivity index is 1.03. The van der Waals surface area contributed by atoms with Crippen LogP contribution in [0.15, 0.2) is 199 Å². The van der Waals surface area contributed by atoms with Crippen molar-refractivity contribution in [2.75, 3.05) is 4.90 Å². The molecule has 1 aromatic heterocycles. The van der Waals surface area contributed by atoms with Crippen LogP contribution in [0, 0.1) is 0 Å². The number of rotatable bonds is 5. The largest absolute Gasteiger partial charge is 0.435 e. The minimum absolute atomic E-state index is 0.0613. The Morgan fingerprint density at radius 3 is 1.93 bits per heavy atom. The molecule has 0 aliphatic heterocycles. The van der Waals surface area contributed by atoms with Gasteiger partial charge in [-0.05, 0) is 115 Å². The minimum Gasteiger partial charge on any atom is -0.435 e. The molecule has 0 fully saturated rings. The Bertz CT molecular complexity index is 3470. The standard InChI is InChI=1S/C56H38N2O/c1-56(2)48-18-10-9-16-44(48)47-34-43(28-30-49(47)56)58(42-14-7-4-8-15-42)51-19-11-17-46-45(51)29-26-36-20-21-37-27-31-50-54(53(37)52(36)46)59-55(57-50)41-25-24-39-32-38(22-23-40(39)33-41)35-12-5-3-6-13-35/h3-34H,1-2H3. The molecule has 0 radical (unpaired) electrons. The van der Waals surface area contributed by atoms with Crippen LogP contribution >= 0.6 is 0 Å². The summed E-state index contributed by atoms with van der Waals surface area (Å²) in [4.78, 5) is 7.51. The predicted octanol–water partition coefficient (Wildman–Crippen LogP) is 15.6. The minimum atomic E-state index is -0.0613. The molecule has 0 saturated heterocycles. The third-order valence-electron chi connectivity index (χ3n) is 12.6. The number of anilines is 3. The predicted molar refractivity (Wildman–Crippen MR) is 247 cm³/mol. The number of fused-ring (bicyclic) bond motifs is 11. The number of benzene rings is 10. The summed E-state index contributed by atoms with van der Waals surface area (Å²) < 4.78 is 6.85. The van der Waals surface area contributed by atoms with Crippen molar-refractivity contribution in [3.8, 4) is 33.7 Å². The van der Waals surface area contributed by atoms with Crippen molar-refractivity contribution >= 4 is 71.3 Å². The maximum absolute atomic E-state index is 6.85. The first-order valence-corrected chi connectivity index (χ1v) is 20.4. The molecule has 1 aliphatic carbocycles. The third kappa shape index (κ3) is 5.18. The van der Waals surface area contributed by atoms with Crippen molar-refractivity contribution < 1.29 is 4.42 Å². The van der Waals surface area contributed by atoms with Gasteiger partial charge in [0.15, 0.2) is 5.58 Å². The molecule has 0 spiro atoms. The average Bonchev–Trinajstić information content (AvgIpc) is 3.83. The SMILES string of the molecule is CC1(C)c2ccccc2-c2cc(N(c3ccccc3)c3cccc4c3ccc3ccc5ccc6nc(-c7ccc8cc(-c9ccccc9)ccc8c7)oc6c5c34)ccc21. The van der Waals surface area contributed by atoms with Crippen LogP contribution in [-0.4, -0.2) is 4.98 Å². The van der Waals surface area contributed by atoms with Gasteiger partial charge in [-0.3, -0.25) is 0 Å². The summed E-state index contributed by atoms with van der Waals surface area (Å²) in [6.07, 6.45) is 0. The molecule has 3 heteroatoms. The van der Waals surface area contributed by atoms with E-state index in [9.17, 15) is 0 Å². The number of hydrogen-bond acceptors (Lipinski definition) is 3. The van der Waals surface area contributed by atoms with Crippen LogP contribution in [0.5, 0.6) is 0 Å². The molecule has 278 valence electrons. The molecule has 11 aromatic rings. The van der Waals surface area contributed by atoms with Crippen molar-refractivity contribution in [3.05, 3.63) is 205 Å². The van der Waals surface area contributed by atoms with Gasteiger partial charge < -0.3 is 9.32 Å². The molecule has 1 aliphatic rings. The molecule has 0 unspecified atom stereocenters. The van der Waals surface area contributed by atoms with E-state index in [2.05, 4.69) is 213 Å². The van der Waals surface area contributed by atoms with E-state index in [0.29, 0.717) is 5.89 Å². The molecule has 0 saturated carbocycles. The fourth-order valence-electron chi connectivity index (χ4n) is 9.72. The van der Waals surface area contributed by atoms with E-state index in [0.717, 1.165) is 55.3 Å². The van der Waals surface area contributed by atoms with Gasteiger partial charge >= 0.3 is 0 Å². The van der Waals surface area contributed by atoms with Crippen molar-refractivity contribution in [1.82, 2.24) is 4.98 Å². The summed E-state index contributed by atoms with van der Waals surface area (Å²) in [7, 11) is 0. The van der Waals surface area contributed by atoms with E-state index in [-0.39, 0.29) is 5.41 Å². The van der Waals surface area contributed by atoms with E-state index in [1.165, 1.54) is 54.9 Å². The Kier molecular flexibility index (Phi) is 7.27. The fourth-order valence-corrected chi connectivity index (χ4v) is 9.72. The van der Waals surface area contributed by atoms with Crippen molar-refractivity contribution in [2.45, 2.75) is 19.3 Å². The van der Waals surface area contributed by atoms with Gasteiger partial charge in [0.1, 0.15) is 5.52 Å². The van der Waals surface area contributed by atoms with E-state index in [1.807, 2.05) is 0 Å². The highest BCUT2D eigenvalue weighted by Gasteiger charge is 2.35. The normalized spacial score (nSPS) is 13.1. The second-order valence-corrected chi connectivity index (χ2v) is 16.3. The van der Waals surface area contributed by atoms with Gasteiger partial charge in [-0.15, -0.1) is 0 Å². The molecule has 1 heterocycles. The van der Waals surface area contributed by atoms with E-state index in [4.69, 9.17) is 9.40 Å². The molecule has 0 amide bonds. The maximum Gasteiger partial charge on any atom is 0.227 e. The third-order valence-corrected chi connectivity index (χ3v) is 12.6. The second kappa shape index (κ2) is 12.8. The summed E-state index contributed by atoms with van der Waals surface area (Å²) in [5, 5.41) is 9.20. The molecule has 12 rings (SSSR count). The van der Waals surface area contributed by atoms with Gasteiger partial charge in [0, 0.05) is 38.5 Å². The summed E-state index contributed by atoms with van der Waals surface area (Å²) in [5.74, 6) is 0.621. The van der Waals surface area contributed by atoms with Gasteiger partial charge in [-0.1, -0.05) is 153 Å². The second-order valence-electron chi connectivity index (χ2n) is 16.3. The lowest BCUT2D eigenvalue weighted by Crippen LogP contribution is -2.15. The molecular weight excluding hydrogens is 717 g/mol. The Morgan fingerprint density at radius 2 is 1.10 bits per heavy atom. The first kappa shape index (κ1) is 33.6. The van der Waals surface area contributed by atoms with Gasteiger partial charge in [-0.25, -0.2) is 4.98 Å². The summed E-state index contributed by atoms with van der Waals surface area (Å²) in [5.41, 5.74) is 13.7. The van der Waals surface area contributed by atoms with Gasteiger partial charge in [-0.2, -0.15) is 0 Å². The van der Waals surface area contributed by atoms with Crippen LogP contribution < -0.4 is 4.90 Å². The Hall–Kier alpha value is -7.49. The summed E-state index contributed by atoms with van der Waals surface area (Å²) in [6, 6.07) is 70.2. The van der Waals surface area contributed by atoms with Crippen LogP contribution in [0.4, 0.5) is 17.1 Å². The lowest BCUT2D eigenvalue weighted by Gasteiger charge is -2.28. The van der Waals surface area contributed by atoms with Crippen molar-refractivity contribution in [1.29, 1.82) is 0 Å². The highest BCUT2D eigenvalue weighted by Crippen LogP contribution is 2.51. The van der Waals surface area contributed by atoms with E-state index >= 15 is 0 Å². The first-order valence-electron chi connectivity index (χ1n) is 20.4. The molecule has 0 bridgehead atoms. The molecule has 3 nitrogen and oxygen atoms in total. The monoisotopic (exact) mass is 754 g/mol. The number of para-hydroxylation sites is 1. The highest BCUT2D eigenvalue weighted by atomic mass is 16.3. The maximum atomic E-state index is 6.85. The number of aromatic nitrogens is 1. The fraction of sp³-hybridized carbons (Fsp3) is 0.0536. The number of oxazole rings is 1. The van der Waals surface area contributed by atoms with Crippen LogP contribution in [0.1, 0.15) is 25.0 Å². The zero-order valence-corrected chi connectivity index (χ0v) is 32.8. The Morgan fingerprint density at radius 1 is 0.441 bits per heavy atom. The molecule has 0 atom stereocenters. The van der Waals surface area contributed by atoms with Crippen LogP contribution in [-0.2, 0) is 5.41 Å². The number of hydrogen-bond donors (Lipinski definition) is 0. The van der Waals surface area contributed by atoms with Crippen LogP contribution in [0.3, 0.4) is 0 Å². The molecule has 0 N–H and O–H groups in total. The van der Waals surface area contributed by atoms with Crippen molar-refractivity contribution in [3.63, 3.8) is 0 Å². The van der Waals surface area contributed by atoms with Crippen LogP contribution in [0.25, 0.3) is 87.9 Å². The Labute approximate surface area is 342 Å². The smallest absolute Gasteiger partial charge is 0.227 e. The van der Waals surface area contributed by atoms with Crippen LogP contribution in [0.2, 0.25) is 0 Å². The average molecular weight is 755 g/mol. The lowest BCUT2D eigenvalue weighted by molar-refractivity contribution is 0.623. The summed E-state index contributed by atoms with van der Waals surface area (Å²) in [6.45, 7) is 4.67. The zero-order valence-electron chi connectivity index (χ0n) is 32.8. The van der Waals surface area contributed by atoms with E-state index < -0.39 is 0 Å². The van der Waals surface area contributed by atoms with Gasteiger partial charge in [0.05, 0.1) is 5.69 Å². The topological polar surface area (TPSA) is 29.3 Å². The van der Waals surface area contributed by atoms with Gasteiger partial charge in [0.25, 0.3) is 0 Å². The quantitative estimate of drug-likeness (QED) is 0.164. The first-order chi connectivity index (χ1) is 29.0. The molecule has 59 heavy (non-hydrogen) atoms. The van der Waals surface area contributed by atoms with Gasteiger partial charge in [0.2, 0.25) is 5.89 Å². The zero-order chi connectivity index (χ0) is 39.2. The van der Waals surface area contributed by atoms with Crippen molar-refractivity contribution in [2.24, 2.45) is 0 Å². The molecular formula is C56H38N2O. The lowest BCUT2D eigenvalue weighted by atomic mass is 9.82.